The second-order valence-corrected chi connectivity index (χ2v) is 7.42. The van der Waals surface area contributed by atoms with Gasteiger partial charge in [0.2, 0.25) is 0 Å². The smallest absolute Gasteiger partial charge is 0.266 e. The second kappa shape index (κ2) is 7.04. The lowest BCUT2D eigenvalue weighted by Gasteiger charge is -2.15. The van der Waals surface area contributed by atoms with Crippen LogP contribution in [-0.4, -0.2) is 14.5 Å². The van der Waals surface area contributed by atoms with Crippen molar-refractivity contribution in [2.24, 2.45) is 0 Å². The summed E-state index contributed by atoms with van der Waals surface area (Å²) in [7, 11) is 0. The first kappa shape index (κ1) is 17.5. The number of rotatable bonds is 4. The van der Waals surface area contributed by atoms with Crippen molar-refractivity contribution in [1.82, 2.24) is 14.5 Å². The van der Waals surface area contributed by atoms with Crippen molar-refractivity contribution in [2.45, 2.75) is 31.7 Å². The van der Waals surface area contributed by atoms with Crippen LogP contribution >= 0.6 is 11.8 Å². The number of hydrogen-bond acceptors (Lipinski definition) is 5. The van der Waals surface area contributed by atoms with E-state index in [9.17, 15) is 4.79 Å². The minimum absolute atomic E-state index is 0.0659. The third-order valence-electron chi connectivity index (χ3n) is 4.35. The van der Waals surface area contributed by atoms with Crippen molar-refractivity contribution in [3.8, 4) is 5.69 Å². The first-order chi connectivity index (χ1) is 13.0. The first-order valence-electron chi connectivity index (χ1n) is 8.66. The van der Waals surface area contributed by atoms with E-state index in [0.717, 1.165) is 22.6 Å². The summed E-state index contributed by atoms with van der Waals surface area (Å²) in [5, 5.41) is 1.25. The highest BCUT2D eigenvalue weighted by molar-refractivity contribution is 7.98. The molecule has 2 aromatic heterocycles. The summed E-state index contributed by atoms with van der Waals surface area (Å²) in [4.78, 5) is 22.2. The fraction of sp³-hybridized carbons (Fsp3) is 0.190. The van der Waals surface area contributed by atoms with Crippen molar-refractivity contribution in [1.29, 1.82) is 0 Å². The number of nitrogens with zero attached hydrogens (tertiary/aromatic N) is 3. The lowest BCUT2D eigenvalue weighted by Crippen LogP contribution is -2.22. The molecule has 0 saturated carbocycles. The molecule has 0 aliphatic heterocycles. The molecule has 0 atom stereocenters. The van der Waals surface area contributed by atoms with E-state index in [0.29, 0.717) is 27.7 Å². The molecule has 0 bridgehead atoms. The van der Waals surface area contributed by atoms with Crippen LogP contribution in [0.15, 0.2) is 63.0 Å². The van der Waals surface area contributed by atoms with Gasteiger partial charge in [-0.15, -0.1) is 0 Å². The maximum atomic E-state index is 13.3. The van der Waals surface area contributed by atoms with Crippen molar-refractivity contribution in [3.63, 3.8) is 0 Å². The molecular formula is C21H19N3O2S. The second-order valence-electron chi connectivity index (χ2n) is 6.48. The van der Waals surface area contributed by atoms with Gasteiger partial charge in [-0.25, -0.2) is 9.97 Å². The van der Waals surface area contributed by atoms with E-state index in [-0.39, 0.29) is 5.56 Å². The standard InChI is InChI=1S/C21H19N3O2S/c1-13-8-9-19(14(2)10-13)24-20(25)17-6-4-5-7-18(17)23-21(24)27-12-16-11-22-15(3)26-16/h4-11H,12H2,1-3H3. The molecule has 5 nitrogen and oxygen atoms in total. The number of para-hydroxylation sites is 1. The van der Waals surface area contributed by atoms with Gasteiger partial charge in [-0.05, 0) is 37.6 Å². The molecule has 0 amide bonds. The normalized spacial score (nSPS) is 11.2. The predicted octanol–water partition coefficient (Wildman–Crippen LogP) is 4.59. The first-order valence-corrected chi connectivity index (χ1v) is 9.65. The van der Waals surface area contributed by atoms with Crippen LogP contribution in [0.4, 0.5) is 0 Å². The summed E-state index contributed by atoms with van der Waals surface area (Å²) < 4.78 is 7.26. The molecule has 27 heavy (non-hydrogen) atoms. The van der Waals surface area contributed by atoms with E-state index in [2.05, 4.69) is 11.1 Å². The summed E-state index contributed by atoms with van der Waals surface area (Å²) in [5.74, 6) is 1.94. The highest BCUT2D eigenvalue weighted by Gasteiger charge is 2.15. The average molecular weight is 377 g/mol. The molecule has 0 aliphatic rings. The predicted molar refractivity (Wildman–Crippen MR) is 108 cm³/mol. The lowest BCUT2D eigenvalue weighted by molar-refractivity contribution is 0.491. The van der Waals surface area contributed by atoms with Crippen LogP contribution in [0.1, 0.15) is 22.8 Å². The fourth-order valence-corrected chi connectivity index (χ4v) is 3.96. The molecule has 6 heteroatoms. The van der Waals surface area contributed by atoms with Crippen LogP contribution in [0.5, 0.6) is 0 Å². The van der Waals surface area contributed by atoms with Crippen LogP contribution in [0.3, 0.4) is 0 Å². The van der Waals surface area contributed by atoms with Crippen LogP contribution in [0.2, 0.25) is 0 Å². The minimum Gasteiger partial charge on any atom is -0.445 e. The Morgan fingerprint density at radius 1 is 1.11 bits per heavy atom. The van der Waals surface area contributed by atoms with E-state index in [4.69, 9.17) is 9.40 Å². The van der Waals surface area contributed by atoms with Gasteiger partial charge in [0.1, 0.15) is 5.76 Å². The van der Waals surface area contributed by atoms with Gasteiger partial charge >= 0.3 is 0 Å². The Balaban J connectivity index is 1.88. The molecule has 0 aliphatic carbocycles. The SMILES string of the molecule is Cc1ccc(-n2c(SCc3cnc(C)o3)nc3ccccc3c2=O)c(C)c1. The molecule has 136 valence electrons. The molecule has 2 aromatic carbocycles. The number of hydrogen-bond donors (Lipinski definition) is 0. The Bertz CT molecular complexity index is 1190. The highest BCUT2D eigenvalue weighted by atomic mass is 32.2. The Morgan fingerprint density at radius 2 is 1.93 bits per heavy atom. The molecule has 0 saturated heterocycles. The summed E-state index contributed by atoms with van der Waals surface area (Å²) in [6.45, 7) is 5.87. The molecule has 2 heterocycles. The molecule has 0 radical (unpaired) electrons. The summed E-state index contributed by atoms with van der Waals surface area (Å²) in [6, 6.07) is 13.5. The Labute approximate surface area is 161 Å². The van der Waals surface area contributed by atoms with Gasteiger partial charge in [0.05, 0.1) is 28.5 Å². The Kier molecular flexibility index (Phi) is 4.58. The van der Waals surface area contributed by atoms with Crippen molar-refractivity contribution in [3.05, 3.63) is 81.8 Å². The zero-order chi connectivity index (χ0) is 19.0. The molecule has 0 fully saturated rings. The summed E-state index contributed by atoms with van der Waals surface area (Å²) in [5.41, 5.74) is 3.67. The van der Waals surface area contributed by atoms with Gasteiger partial charge in [-0.1, -0.05) is 41.6 Å². The van der Waals surface area contributed by atoms with Gasteiger partial charge < -0.3 is 4.42 Å². The number of oxazole rings is 1. The summed E-state index contributed by atoms with van der Waals surface area (Å²) in [6.07, 6.45) is 1.71. The van der Waals surface area contributed by atoms with Gasteiger partial charge in [0.15, 0.2) is 11.0 Å². The fourth-order valence-electron chi connectivity index (χ4n) is 3.09. The van der Waals surface area contributed by atoms with Gasteiger partial charge in [-0.2, -0.15) is 0 Å². The Morgan fingerprint density at radius 3 is 2.67 bits per heavy atom. The van der Waals surface area contributed by atoms with Gasteiger partial charge in [-0.3, -0.25) is 9.36 Å². The van der Waals surface area contributed by atoms with Crippen molar-refractivity contribution < 1.29 is 4.42 Å². The van der Waals surface area contributed by atoms with E-state index in [1.54, 1.807) is 10.8 Å². The van der Waals surface area contributed by atoms with E-state index in [1.807, 2.05) is 57.2 Å². The third kappa shape index (κ3) is 3.40. The summed E-state index contributed by atoms with van der Waals surface area (Å²) >= 11 is 1.47. The Hall–Kier alpha value is -2.86. The van der Waals surface area contributed by atoms with Crippen LogP contribution in [0, 0.1) is 20.8 Å². The topological polar surface area (TPSA) is 60.9 Å². The number of aromatic nitrogens is 3. The molecule has 4 aromatic rings. The maximum Gasteiger partial charge on any atom is 0.266 e. The third-order valence-corrected chi connectivity index (χ3v) is 5.31. The van der Waals surface area contributed by atoms with Crippen LogP contribution in [0.25, 0.3) is 16.6 Å². The number of thioether (sulfide) groups is 1. The zero-order valence-corrected chi connectivity index (χ0v) is 16.2. The van der Waals surface area contributed by atoms with Gasteiger partial charge in [0, 0.05) is 6.92 Å². The van der Waals surface area contributed by atoms with Crippen LogP contribution < -0.4 is 5.56 Å². The maximum absolute atomic E-state index is 13.3. The number of aryl methyl sites for hydroxylation is 3. The number of benzene rings is 2. The molecule has 4 rings (SSSR count). The van der Waals surface area contributed by atoms with Gasteiger partial charge in [0.25, 0.3) is 5.56 Å². The van der Waals surface area contributed by atoms with E-state index >= 15 is 0 Å². The van der Waals surface area contributed by atoms with Crippen molar-refractivity contribution in [2.75, 3.05) is 0 Å². The minimum atomic E-state index is -0.0659. The average Bonchev–Trinajstić information content (AvgIpc) is 3.06. The molecule has 0 unspecified atom stereocenters. The van der Waals surface area contributed by atoms with E-state index < -0.39 is 0 Å². The zero-order valence-electron chi connectivity index (χ0n) is 15.4. The highest BCUT2D eigenvalue weighted by Crippen LogP contribution is 2.26. The largest absolute Gasteiger partial charge is 0.445 e. The van der Waals surface area contributed by atoms with Crippen molar-refractivity contribution >= 4 is 22.7 Å². The molecule has 0 spiro atoms. The monoisotopic (exact) mass is 377 g/mol. The quantitative estimate of drug-likeness (QED) is 0.384. The number of fused-ring (bicyclic) bond motifs is 1. The lowest BCUT2D eigenvalue weighted by atomic mass is 10.1. The molecule has 0 N–H and O–H groups in total. The molecular weight excluding hydrogens is 358 g/mol. The van der Waals surface area contributed by atoms with Crippen LogP contribution in [-0.2, 0) is 5.75 Å². The van der Waals surface area contributed by atoms with E-state index in [1.165, 1.54) is 11.8 Å².